The highest BCUT2D eigenvalue weighted by Crippen LogP contribution is 2.44. The molecule has 1 N–H and O–H groups in total. The van der Waals surface area contributed by atoms with Crippen molar-refractivity contribution in [2.45, 2.75) is 26.3 Å². The molecule has 0 bridgehead atoms. The summed E-state index contributed by atoms with van der Waals surface area (Å²) in [5, 5.41) is 2.80. The number of carbonyl (C=O) groups excluding carboxylic acids is 3. The zero-order valence-corrected chi connectivity index (χ0v) is 17.8. The molecule has 0 aliphatic carbocycles. The molecule has 1 amide bonds. The Morgan fingerprint density at radius 2 is 1.93 bits per heavy atom. The van der Waals surface area contributed by atoms with Gasteiger partial charge in [0.1, 0.15) is 11.7 Å². The number of nitrogens with one attached hydrogen (secondary N) is 1. The molecule has 1 heterocycles. The Morgan fingerprint density at radius 3 is 2.62 bits per heavy atom. The monoisotopic (exact) mass is 459 g/mol. The first kappa shape index (κ1) is 21.0. The number of hydrogen-bond donors (Lipinski definition) is 1. The van der Waals surface area contributed by atoms with Crippen LogP contribution in [0.25, 0.3) is 0 Å². The lowest BCUT2D eigenvalue weighted by Gasteiger charge is -2.34. The van der Waals surface area contributed by atoms with Crippen LogP contribution in [-0.4, -0.2) is 24.5 Å². The van der Waals surface area contributed by atoms with E-state index >= 15 is 0 Å². The summed E-state index contributed by atoms with van der Waals surface area (Å²) in [6.45, 7) is 3.88. The van der Waals surface area contributed by atoms with Gasteiger partial charge in [-0.25, -0.2) is 0 Å². The van der Waals surface area contributed by atoms with Crippen molar-refractivity contribution in [1.29, 1.82) is 0 Å². The molecule has 0 unspecified atom stereocenters. The van der Waals surface area contributed by atoms with E-state index in [0.29, 0.717) is 11.3 Å². The Morgan fingerprint density at radius 1 is 1.21 bits per heavy atom. The number of rotatable bonds is 6. The van der Waals surface area contributed by atoms with Gasteiger partial charge in [-0.1, -0.05) is 53.2 Å². The molecule has 2 aromatic carbocycles. The number of carbonyl (C=O) groups is 3. The summed E-state index contributed by atoms with van der Waals surface area (Å²) in [7, 11) is 0. The van der Waals surface area contributed by atoms with Crippen molar-refractivity contribution in [3.63, 3.8) is 0 Å². The van der Waals surface area contributed by atoms with Gasteiger partial charge < -0.3 is 14.8 Å². The summed E-state index contributed by atoms with van der Waals surface area (Å²) >= 11 is 3.41. The average Bonchev–Trinajstić information content (AvgIpc) is 2.71. The van der Waals surface area contributed by atoms with Crippen LogP contribution in [0.3, 0.4) is 0 Å². The molecular weight excluding hydrogens is 438 g/mol. The average molecular weight is 460 g/mol. The molecule has 1 aliphatic heterocycles. The van der Waals surface area contributed by atoms with Crippen molar-refractivity contribution in [2.75, 3.05) is 6.61 Å². The van der Waals surface area contributed by atoms with E-state index in [2.05, 4.69) is 21.2 Å². The first-order valence-corrected chi connectivity index (χ1v) is 10.2. The maximum absolute atomic E-state index is 13.0. The smallest absolute Gasteiger partial charge is 0.324 e. The fourth-order valence-electron chi connectivity index (χ4n) is 3.51. The standard InChI is InChI=1S/C22H22BrNO5/c1-3-28-21(26)13(2)18-16-11-15(23)9-10-17(16)29-22(27)19(18)20(25)24-12-14-7-5-4-6-8-14/h4-11,13,18-19H,3,12H2,1-2H3,(H,24,25)/t13-,18+,19-/m0/s1. The van der Waals surface area contributed by atoms with Gasteiger partial charge >= 0.3 is 11.9 Å². The summed E-state index contributed by atoms with van der Waals surface area (Å²) in [6.07, 6.45) is 0. The van der Waals surface area contributed by atoms with E-state index in [1.165, 1.54) is 0 Å². The van der Waals surface area contributed by atoms with E-state index in [1.54, 1.807) is 32.0 Å². The van der Waals surface area contributed by atoms with Gasteiger partial charge in [0.15, 0.2) is 0 Å². The van der Waals surface area contributed by atoms with Crippen LogP contribution < -0.4 is 10.1 Å². The predicted octanol–water partition coefficient (Wildman–Crippen LogP) is 3.58. The number of benzene rings is 2. The first-order chi connectivity index (χ1) is 13.9. The van der Waals surface area contributed by atoms with Gasteiger partial charge in [0.2, 0.25) is 5.91 Å². The molecule has 7 heteroatoms. The lowest BCUT2D eigenvalue weighted by molar-refractivity contribution is -0.153. The molecule has 29 heavy (non-hydrogen) atoms. The molecule has 152 valence electrons. The maximum Gasteiger partial charge on any atom is 0.324 e. The zero-order valence-electron chi connectivity index (χ0n) is 16.2. The highest BCUT2D eigenvalue weighted by Gasteiger charge is 2.47. The highest BCUT2D eigenvalue weighted by molar-refractivity contribution is 9.10. The highest BCUT2D eigenvalue weighted by atomic mass is 79.9. The second-order valence-corrected chi connectivity index (χ2v) is 7.77. The summed E-state index contributed by atoms with van der Waals surface area (Å²) in [4.78, 5) is 38.2. The van der Waals surface area contributed by atoms with Crippen LogP contribution in [0.1, 0.15) is 30.9 Å². The molecule has 2 aromatic rings. The van der Waals surface area contributed by atoms with Crippen LogP contribution in [0.15, 0.2) is 53.0 Å². The number of esters is 2. The van der Waals surface area contributed by atoms with Crippen molar-refractivity contribution < 1.29 is 23.9 Å². The number of ether oxygens (including phenoxy) is 2. The minimum atomic E-state index is -1.15. The Bertz CT molecular complexity index is 915. The second kappa shape index (κ2) is 9.22. The third kappa shape index (κ3) is 4.67. The molecule has 0 fully saturated rings. The van der Waals surface area contributed by atoms with Gasteiger partial charge in [-0.2, -0.15) is 0 Å². The minimum absolute atomic E-state index is 0.219. The van der Waals surface area contributed by atoms with E-state index in [1.807, 2.05) is 30.3 Å². The summed E-state index contributed by atoms with van der Waals surface area (Å²) in [6, 6.07) is 14.6. The maximum atomic E-state index is 13.0. The molecule has 1 aliphatic rings. The van der Waals surface area contributed by atoms with Gasteiger partial charge in [0.25, 0.3) is 0 Å². The topological polar surface area (TPSA) is 81.7 Å². The molecule has 0 saturated carbocycles. The van der Waals surface area contributed by atoms with Gasteiger partial charge in [0.05, 0.1) is 12.5 Å². The minimum Gasteiger partial charge on any atom is -0.466 e. The molecule has 6 nitrogen and oxygen atoms in total. The van der Waals surface area contributed by atoms with Crippen LogP contribution in [-0.2, 0) is 25.7 Å². The van der Waals surface area contributed by atoms with Gasteiger partial charge in [0, 0.05) is 22.5 Å². The van der Waals surface area contributed by atoms with Crippen molar-refractivity contribution >= 4 is 33.8 Å². The second-order valence-electron chi connectivity index (χ2n) is 6.85. The van der Waals surface area contributed by atoms with Crippen molar-refractivity contribution in [2.24, 2.45) is 11.8 Å². The Kier molecular flexibility index (Phi) is 6.69. The lowest BCUT2D eigenvalue weighted by atomic mass is 9.75. The molecule has 0 spiro atoms. The van der Waals surface area contributed by atoms with Gasteiger partial charge in [-0.15, -0.1) is 0 Å². The van der Waals surface area contributed by atoms with E-state index in [9.17, 15) is 14.4 Å². The fourth-order valence-corrected chi connectivity index (χ4v) is 3.89. The molecule has 0 aromatic heterocycles. The number of halogens is 1. The van der Waals surface area contributed by atoms with Gasteiger partial charge in [-0.3, -0.25) is 14.4 Å². The van der Waals surface area contributed by atoms with E-state index in [0.717, 1.165) is 10.0 Å². The third-order valence-corrected chi connectivity index (χ3v) is 5.44. The number of amides is 1. The molecular formula is C22H22BrNO5. The summed E-state index contributed by atoms with van der Waals surface area (Å²) < 4.78 is 11.3. The van der Waals surface area contributed by atoms with E-state index in [4.69, 9.17) is 9.47 Å². The Hall–Kier alpha value is -2.67. The summed E-state index contributed by atoms with van der Waals surface area (Å²) in [5.41, 5.74) is 1.53. The largest absolute Gasteiger partial charge is 0.466 e. The van der Waals surface area contributed by atoms with Crippen LogP contribution >= 0.6 is 15.9 Å². The Labute approximate surface area is 177 Å². The fraction of sp³-hybridized carbons (Fsp3) is 0.318. The SMILES string of the molecule is CCOC(=O)[C@@H](C)[C@@H]1c2cc(Br)ccc2OC(=O)[C@@H]1C(=O)NCc1ccccc1. The van der Waals surface area contributed by atoms with Crippen LogP contribution in [0.2, 0.25) is 0 Å². The lowest BCUT2D eigenvalue weighted by Crippen LogP contribution is -2.46. The summed E-state index contributed by atoms with van der Waals surface area (Å²) in [5.74, 6) is -3.82. The third-order valence-electron chi connectivity index (χ3n) is 4.94. The number of fused-ring (bicyclic) bond motifs is 1. The predicted molar refractivity (Wildman–Crippen MR) is 110 cm³/mol. The van der Waals surface area contributed by atoms with Gasteiger partial charge in [-0.05, 0) is 30.7 Å². The number of hydrogen-bond acceptors (Lipinski definition) is 5. The molecule has 3 atom stereocenters. The zero-order chi connectivity index (χ0) is 21.0. The Balaban J connectivity index is 1.92. The van der Waals surface area contributed by atoms with Crippen molar-refractivity contribution in [3.05, 3.63) is 64.1 Å². The molecule has 0 saturated heterocycles. The molecule has 0 radical (unpaired) electrons. The van der Waals surface area contributed by atoms with Crippen molar-refractivity contribution in [1.82, 2.24) is 5.32 Å². The normalized spacial score (nSPS) is 18.9. The van der Waals surface area contributed by atoms with Crippen LogP contribution in [0.5, 0.6) is 5.75 Å². The van der Waals surface area contributed by atoms with E-state index in [-0.39, 0.29) is 13.2 Å². The quantitative estimate of drug-likeness (QED) is 0.405. The molecule has 3 rings (SSSR count). The van der Waals surface area contributed by atoms with Crippen molar-refractivity contribution in [3.8, 4) is 5.75 Å². The van der Waals surface area contributed by atoms with Crippen LogP contribution in [0.4, 0.5) is 0 Å². The first-order valence-electron chi connectivity index (χ1n) is 9.41. The van der Waals surface area contributed by atoms with E-state index < -0.39 is 35.6 Å². The van der Waals surface area contributed by atoms with Crippen LogP contribution in [0, 0.1) is 11.8 Å².